The van der Waals surface area contributed by atoms with Crippen LogP contribution in [0.1, 0.15) is 0 Å². The highest BCUT2D eigenvalue weighted by molar-refractivity contribution is 7.09. The van der Waals surface area contributed by atoms with Gasteiger partial charge in [0.1, 0.15) is 20.2 Å². The van der Waals surface area contributed by atoms with Gasteiger partial charge in [-0.2, -0.15) is 0 Å². The Labute approximate surface area is 119 Å². The molecule has 0 aliphatic carbocycles. The van der Waals surface area contributed by atoms with Crippen LogP contribution < -0.4 is 10.2 Å². The molecule has 0 aliphatic rings. The van der Waals surface area contributed by atoms with E-state index in [1.165, 1.54) is 33.3 Å². The number of para-hydroxylation sites is 1. The van der Waals surface area contributed by atoms with Crippen LogP contribution in [0.2, 0.25) is 13.0 Å². The second kappa shape index (κ2) is 10.4. The Kier molecular flexibility index (Phi) is 8.45. The minimum atomic E-state index is 0.910. The van der Waals surface area contributed by atoms with Gasteiger partial charge < -0.3 is 4.74 Å². The van der Waals surface area contributed by atoms with Crippen molar-refractivity contribution in [2.75, 3.05) is 7.11 Å². The molecule has 0 aliphatic heterocycles. The Hall–Kier alpha value is -1.57. The van der Waals surface area contributed by atoms with Gasteiger partial charge in [-0.25, -0.2) is 0 Å². The van der Waals surface area contributed by atoms with E-state index in [0.29, 0.717) is 0 Å². The Morgan fingerprint density at radius 1 is 0.895 bits per heavy atom. The second-order valence-corrected chi connectivity index (χ2v) is 4.46. The first-order valence-corrected chi connectivity index (χ1v) is 6.99. The zero-order valence-corrected chi connectivity index (χ0v) is 12.0. The van der Waals surface area contributed by atoms with Crippen molar-refractivity contribution in [1.29, 1.82) is 0 Å². The average molecular weight is 250 g/mol. The third-order valence-electron chi connectivity index (χ3n) is 2.89. The molecule has 0 N–H and O–H groups in total. The third kappa shape index (κ3) is 7.45. The van der Waals surface area contributed by atoms with E-state index < -0.39 is 0 Å². The summed E-state index contributed by atoms with van der Waals surface area (Å²) in [4.78, 5) is 0. The summed E-state index contributed by atoms with van der Waals surface area (Å²) in [5, 5.41) is 0. The van der Waals surface area contributed by atoms with E-state index in [-0.39, 0.29) is 0 Å². The van der Waals surface area contributed by atoms with Crippen LogP contribution in [-0.2, 0) is 0 Å². The standard InChI is InChI=1S/C8H13B3.C7H8O/c1-9-7-10-11-8-5-3-2-4-6-8;1-8-7-5-3-2-4-6-7/h2-6,9-11H,7H2,1H3;2-6H,1H3. The van der Waals surface area contributed by atoms with Crippen molar-refractivity contribution in [3.05, 3.63) is 60.7 Å². The molecule has 0 amide bonds. The molecule has 0 bridgehead atoms. The minimum Gasteiger partial charge on any atom is -0.497 e. The smallest absolute Gasteiger partial charge is 0.122 e. The van der Waals surface area contributed by atoms with Crippen molar-refractivity contribution in [1.82, 2.24) is 0 Å². The first-order chi connectivity index (χ1) is 9.36. The summed E-state index contributed by atoms with van der Waals surface area (Å²) >= 11 is 0. The quantitative estimate of drug-likeness (QED) is 0.579. The topological polar surface area (TPSA) is 9.23 Å². The normalized spacial score (nSPS) is 8.74. The molecule has 0 saturated heterocycles. The molecule has 1 nitrogen and oxygen atoms in total. The molecule has 2 aromatic rings. The average Bonchev–Trinajstić information content (AvgIpc) is 2.50. The Balaban J connectivity index is 0.000000200. The van der Waals surface area contributed by atoms with Gasteiger partial charge in [0, 0.05) is 0 Å². The highest BCUT2D eigenvalue weighted by Gasteiger charge is 1.94. The zero-order chi connectivity index (χ0) is 13.8. The molecule has 0 radical (unpaired) electrons. The maximum atomic E-state index is 4.91. The first kappa shape index (κ1) is 15.5. The number of hydrogen-bond donors (Lipinski definition) is 0. The van der Waals surface area contributed by atoms with Gasteiger partial charge in [0.25, 0.3) is 0 Å². The molecule has 96 valence electrons. The zero-order valence-electron chi connectivity index (χ0n) is 12.0. The first-order valence-electron chi connectivity index (χ1n) is 6.99. The predicted octanol–water partition coefficient (Wildman–Crippen LogP) is 1.66. The molecule has 0 unspecified atom stereocenters. The van der Waals surface area contributed by atoms with Crippen molar-refractivity contribution in [2.45, 2.75) is 13.0 Å². The van der Waals surface area contributed by atoms with Gasteiger partial charge in [0.05, 0.1) is 14.3 Å². The van der Waals surface area contributed by atoms with Crippen LogP contribution in [0, 0.1) is 0 Å². The van der Waals surface area contributed by atoms with E-state index >= 15 is 0 Å². The number of rotatable bonds is 5. The molecule has 0 spiro atoms. The summed E-state index contributed by atoms with van der Waals surface area (Å²) in [6.07, 6.45) is 1.36. The Morgan fingerprint density at radius 3 is 1.95 bits per heavy atom. The van der Waals surface area contributed by atoms with Gasteiger partial charge in [-0.3, -0.25) is 0 Å². The van der Waals surface area contributed by atoms with Crippen LogP contribution in [0.15, 0.2) is 60.7 Å². The molecule has 2 aromatic carbocycles. The molecular weight excluding hydrogens is 229 g/mol. The number of benzene rings is 2. The predicted molar refractivity (Wildman–Crippen MR) is 91.2 cm³/mol. The van der Waals surface area contributed by atoms with E-state index in [0.717, 1.165) is 5.75 Å². The molecule has 0 fully saturated rings. The van der Waals surface area contributed by atoms with Crippen molar-refractivity contribution in [2.24, 2.45) is 0 Å². The van der Waals surface area contributed by atoms with Crippen molar-refractivity contribution < 1.29 is 4.74 Å². The largest absolute Gasteiger partial charge is 0.497 e. The SMILES string of the molecule is CBCBBc1ccccc1.COc1ccccc1. The van der Waals surface area contributed by atoms with Gasteiger partial charge >= 0.3 is 0 Å². The summed E-state index contributed by atoms with van der Waals surface area (Å²) in [5.41, 5.74) is 1.47. The molecule has 0 heterocycles. The number of hydrogen-bond acceptors (Lipinski definition) is 1. The minimum absolute atomic E-state index is 0.910. The summed E-state index contributed by atoms with van der Waals surface area (Å²) in [5.74, 6) is 0.910. The Bertz CT molecular complexity index is 420. The molecular formula is C15H21B3O. The molecule has 19 heavy (non-hydrogen) atoms. The van der Waals surface area contributed by atoms with E-state index in [4.69, 9.17) is 4.74 Å². The van der Waals surface area contributed by atoms with Gasteiger partial charge in [0.15, 0.2) is 0 Å². The van der Waals surface area contributed by atoms with Crippen LogP contribution >= 0.6 is 0 Å². The molecule has 2 rings (SSSR count). The lowest BCUT2D eigenvalue weighted by molar-refractivity contribution is 0.415. The van der Waals surface area contributed by atoms with Gasteiger partial charge in [-0.15, -0.1) is 6.22 Å². The Morgan fingerprint density at radius 2 is 1.47 bits per heavy atom. The van der Waals surface area contributed by atoms with Gasteiger partial charge in [-0.05, 0) is 12.1 Å². The molecule has 0 atom stereocenters. The van der Waals surface area contributed by atoms with E-state index in [2.05, 4.69) is 37.2 Å². The highest BCUT2D eigenvalue weighted by atomic mass is 16.5. The number of ether oxygens (including phenoxy) is 1. The van der Waals surface area contributed by atoms with Crippen LogP contribution in [0.3, 0.4) is 0 Å². The monoisotopic (exact) mass is 250 g/mol. The van der Waals surface area contributed by atoms with E-state index in [1.54, 1.807) is 7.11 Å². The van der Waals surface area contributed by atoms with Crippen molar-refractivity contribution in [3.63, 3.8) is 0 Å². The summed E-state index contributed by atoms with van der Waals surface area (Å²) in [6, 6.07) is 20.4. The fourth-order valence-corrected chi connectivity index (χ4v) is 1.78. The van der Waals surface area contributed by atoms with Crippen molar-refractivity contribution >= 4 is 27.1 Å². The van der Waals surface area contributed by atoms with Crippen LogP contribution in [0.4, 0.5) is 0 Å². The lowest BCUT2D eigenvalue weighted by Gasteiger charge is -1.94. The lowest BCUT2D eigenvalue weighted by atomic mass is 9.31. The summed E-state index contributed by atoms with van der Waals surface area (Å²) < 4.78 is 4.91. The molecule has 4 heteroatoms. The van der Waals surface area contributed by atoms with Gasteiger partial charge in [-0.1, -0.05) is 60.8 Å². The van der Waals surface area contributed by atoms with E-state index in [9.17, 15) is 0 Å². The van der Waals surface area contributed by atoms with Crippen LogP contribution in [-0.4, -0.2) is 28.7 Å². The van der Waals surface area contributed by atoms with Gasteiger partial charge in [0.2, 0.25) is 0 Å². The molecule has 0 aromatic heterocycles. The maximum absolute atomic E-state index is 4.91. The summed E-state index contributed by atoms with van der Waals surface area (Å²) in [6.45, 7) is 2.24. The fourth-order valence-electron chi connectivity index (χ4n) is 1.78. The summed E-state index contributed by atoms with van der Waals surface area (Å²) in [7, 11) is 5.55. The van der Waals surface area contributed by atoms with Crippen LogP contribution in [0.5, 0.6) is 5.75 Å². The maximum Gasteiger partial charge on any atom is 0.122 e. The fraction of sp³-hybridized carbons (Fsp3) is 0.200. The third-order valence-corrected chi connectivity index (χ3v) is 2.89. The lowest BCUT2D eigenvalue weighted by Crippen LogP contribution is -2.20. The van der Waals surface area contributed by atoms with Crippen LogP contribution in [0.25, 0.3) is 0 Å². The molecule has 0 saturated carbocycles. The number of methoxy groups -OCH3 is 1. The highest BCUT2D eigenvalue weighted by Crippen LogP contribution is 2.05. The van der Waals surface area contributed by atoms with Crippen molar-refractivity contribution in [3.8, 4) is 5.75 Å². The second-order valence-electron chi connectivity index (χ2n) is 4.46. The van der Waals surface area contributed by atoms with E-state index in [1.807, 2.05) is 30.3 Å².